The van der Waals surface area contributed by atoms with Gasteiger partial charge in [-0.2, -0.15) is 5.26 Å². The van der Waals surface area contributed by atoms with Gasteiger partial charge in [0.2, 0.25) is 0 Å². The van der Waals surface area contributed by atoms with E-state index in [2.05, 4.69) is 11.1 Å². The summed E-state index contributed by atoms with van der Waals surface area (Å²) in [5.41, 5.74) is 3.76. The van der Waals surface area contributed by atoms with Gasteiger partial charge in [-0.25, -0.2) is 9.37 Å². The lowest BCUT2D eigenvalue weighted by molar-refractivity contribution is 0.0645. The predicted octanol–water partition coefficient (Wildman–Crippen LogP) is 3.84. The minimum Gasteiger partial charge on any atom is -0.394 e. The number of nitrogens with zero attached hydrogens (tertiary/aromatic N) is 3. The molecular formula is C21H18FN3O2S. The van der Waals surface area contributed by atoms with Crippen LogP contribution in [0.2, 0.25) is 0 Å². The summed E-state index contributed by atoms with van der Waals surface area (Å²) in [5, 5.41) is 20.7. The zero-order valence-corrected chi connectivity index (χ0v) is 15.8. The molecule has 0 spiro atoms. The molecule has 2 aromatic carbocycles. The first-order chi connectivity index (χ1) is 13.7. The van der Waals surface area contributed by atoms with Gasteiger partial charge < -0.3 is 14.7 Å². The van der Waals surface area contributed by atoms with E-state index >= 15 is 0 Å². The van der Waals surface area contributed by atoms with Crippen molar-refractivity contribution in [1.29, 1.82) is 5.26 Å². The van der Waals surface area contributed by atoms with Crippen molar-refractivity contribution in [3.63, 3.8) is 0 Å². The molecule has 7 heteroatoms. The fourth-order valence-corrected chi connectivity index (χ4v) is 3.99. The SMILES string of the molecule is N#CCc1csc(-c2ccc(-c3ccc(N4CO[C@@H](CO)C4)cc3F)cc2)n1. The number of nitriles is 1. The standard InChI is InChI=1S/C21H18FN3O2S/c22-20-9-17(25-10-18(11-26)27-13-25)5-6-19(20)14-1-3-15(4-2-14)21-24-16(7-8-23)12-28-21/h1-6,9,12,18,26H,7,10-11,13H2/t18-/m1/s1. The second-order valence-electron chi connectivity index (χ2n) is 6.54. The second kappa shape index (κ2) is 8.07. The third kappa shape index (κ3) is 3.76. The molecule has 28 heavy (non-hydrogen) atoms. The van der Waals surface area contributed by atoms with E-state index in [0.717, 1.165) is 27.5 Å². The Labute approximate surface area is 166 Å². The number of aliphatic hydroxyl groups is 1. The van der Waals surface area contributed by atoms with Gasteiger partial charge in [0, 0.05) is 28.7 Å². The quantitative estimate of drug-likeness (QED) is 0.711. The van der Waals surface area contributed by atoms with Crippen molar-refractivity contribution in [1.82, 2.24) is 4.98 Å². The summed E-state index contributed by atoms with van der Waals surface area (Å²) in [5.74, 6) is -0.303. The highest BCUT2D eigenvalue weighted by Gasteiger charge is 2.23. The lowest BCUT2D eigenvalue weighted by Crippen LogP contribution is -2.23. The van der Waals surface area contributed by atoms with Crippen LogP contribution < -0.4 is 4.90 Å². The van der Waals surface area contributed by atoms with Gasteiger partial charge in [-0.3, -0.25) is 0 Å². The summed E-state index contributed by atoms with van der Waals surface area (Å²) in [4.78, 5) is 6.35. The highest BCUT2D eigenvalue weighted by Crippen LogP contribution is 2.31. The van der Waals surface area contributed by atoms with Crippen molar-refractivity contribution >= 4 is 17.0 Å². The Bertz CT molecular complexity index is 1010. The van der Waals surface area contributed by atoms with Crippen LogP contribution in [0.15, 0.2) is 47.8 Å². The van der Waals surface area contributed by atoms with Gasteiger partial charge >= 0.3 is 0 Å². The molecule has 1 aromatic heterocycles. The van der Waals surface area contributed by atoms with E-state index in [1.54, 1.807) is 6.07 Å². The highest BCUT2D eigenvalue weighted by atomic mass is 32.1. The van der Waals surface area contributed by atoms with Gasteiger partial charge in [0.25, 0.3) is 0 Å². The van der Waals surface area contributed by atoms with Crippen LogP contribution >= 0.6 is 11.3 Å². The number of anilines is 1. The van der Waals surface area contributed by atoms with E-state index in [9.17, 15) is 4.39 Å². The Morgan fingerprint density at radius 2 is 2.04 bits per heavy atom. The van der Waals surface area contributed by atoms with Crippen LogP contribution in [0, 0.1) is 17.1 Å². The zero-order chi connectivity index (χ0) is 19.5. The number of ether oxygens (including phenoxy) is 1. The van der Waals surface area contributed by atoms with E-state index in [4.69, 9.17) is 15.1 Å². The summed E-state index contributed by atoms with van der Waals surface area (Å²) in [6.07, 6.45) is 0.0718. The molecule has 0 saturated carbocycles. The molecule has 0 amide bonds. The number of hydrogen-bond acceptors (Lipinski definition) is 6. The summed E-state index contributed by atoms with van der Waals surface area (Å²) < 4.78 is 20.1. The molecule has 1 aliphatic rings. The number of aromatic nitrogens is 1. The number of benzene rings is 2. The van der Waals surface area contributed by atoms with Crippen LogP contribution in [0.25, 0.3) is 21.7 Å². The smallest absolute Gasteiger partial charge is 0.133 e. The number of hydrogen-bond donors (Lipinski definition) is 1. The van der Waals surface area contributed by atoms with Gasteiger partial charge in [-0.15, -0.1) is 11.3 Å². The first-order valence-corrected chi connectivity index (χ1v) is 9.75. The normalized spacial score (nSPS) is 16.3. The van der Waals surface area contributed by atoms with Crippen LogP contribution in [0.1, 0.15) is 5.69 Å². The summed E-state index contributed by atoms with van der Waals surface area (Å²) in [6, 6.07) is 14.8. The van der Waals surface area contributed by atoms with Crippen LogP contribution in [-0.4, -0.2) is 36.1 Å². The first kappa shape index (κ1) is 18.6. The lowest BCUT2D eigenvalue weighted by atomic mass is 10.0. The summed E-state index contributed by atoms with van der Waals surface area (Å²) in [6.45, 7) is 0.854. The highest BCUT2D eigenvalue weighted by molar-refractivity contribution is 7.13. The lowest BCUT2D eigenvalue weighted by Gasteiger charge is -2.17. The Morgan fingerprint density at radius 3 is 2.71 bits per heavy atom. The average molecular weight is 395 g/mol. The number of halogens is 1. The minimum atomic E-state index is -0.303. The largest absolute Gasteiger partial charge is 0.394 e. The van der Waals surface area contributed by atoms with Gasteiger partial charge in [0.05, 0.1) is 24.8 Å². The molecule has 1 atom stereocenters. The second-order valence-corrected chi connectivity index (χ2v) is 7.40. The van der Waals surface area contributed by atoms with Crippen molar-refractivity contribution < 1.29 is 14.2 Å². The van der Waals surface area contributed by atoms with Crippen LogP contribution in [0.3, 0.4) is 0 Å². The summed E-state index contributed by atoms with van der Waals surface area (Å²) in [7, 11) is 0. The molecular weight excluding hydrogens is 377 g/mol. The maximum Gasteiger partial charge on any atom is 0.133 e. The molecule has 2 heterocycles. The van der Waals surface area contributed by atoms with Crippen molar-refractivity contribution in [2.75, 3.05) is 24.8 Å². The molecule has 0 aliphatic carbocycles. The molecule has 1 saturated heterocycles. The Kier molecular flexibility index (Phi) is 5.35. The predicted molar refractivity (Wildman–Crippen MR) is 106 cm³/mol. The monoisotopic (exact) mass is 395 g/mol. The number of thiazole rings is 1. The van der Waals surface area contributed by atoms with Gasteiger partial charge in [0.1, 0.15) is 23.7 Å². The average Bonchev–Trinajstić information content (AvgIpc) is 3.38. The van der Waals surface area contributed by atoms with Crippen molar-refractivity contribution in [3.8, 4) is 27.8 Å². The fraction of sp³-hybridized carbons (Fsp3) is 0.238. The summed E-state index contributed by atoms with van der Waals surface area (Å²) >= 11 is 1.49. The molecule has 142 valence electrons. The molecule has 1 fully saturated rings. The van der Waals surface area contributed by atoms with E-state index in [1.807, 2.05) is 40.6 Å². The van der Waals surface area contributed by atoms with Crippen LogP contribution in [0.5, 0.6) is 0 Å². The Hall–Kier alpha value is -2.79. The first-order valence-electron chi connectivity index (χ1n) is 8.87. The van der Waals surface area contributed by atoms with Crippen LogP contribution in [-0.2, 0) is 11.2 Å². The van der Waals surface area contributed by atoms with Gasteiger partial charge in [-0.05, 0) is 23.8 Å². The van der Waals surface area contributed by atoms with Gasteiger partial charge in [-0.1, -0.05) is 24.3 Å². The van der Waals surface area contributed by atoms with Crippen molar-refractivity contribution in [2.45, 2.75) is 12.5 Å². The third-order valence-electron chi connectivity index (χ3n) is 4.67. The molecule has 0 radical (unpaired) electrons. The zero-order valence-electron chi connectivity index (χ0n) is 15.0. The molecule has 4 rings (SSSR count). The van der Waals surface area contributed by atoms with E-state index < -0.39 is 0 Å². The van der Waals surface area contributed by atoms with E-state index in [1.165, 1.54) is 17.4 Å². The third-order valence-corrected chi connectivity index (χ3v) is 5.61. The molecule has 0 bridgehead atoms. The topological polar surface area (TPSA) is 69.4 Å². The molecule has 5 nitrogen and oxygen atoms in total. The van der Waals surface area contributed by atoms with E-state index in [-0.39, 0.29) is 18.5 Å². The van der Waals surface area contributed by atoms with Crippen molar-refractivity contribution in [2.24, 2.45) is 0 Å². The van der Waals surface area contributed by atoms with Crippen LogP contribution in [0.4, 0.5) is 10.1 Å². The molecule has 0 unspecified atom stereocenters. The Balaban J connectivity index is 1.53. The fourth-order valence-electron chi connectivity index (χ4n) is 3.17. The molecule has 1 N–H and O–H groups in total. The minimum absolute atomic E-state index is 0.0412. The number of aliphatic hydroxyl groups excluding tert-OH is 1. The molecule has 3 aromatic rings. The van der Waals surface area contributed by atoms with Gasteiger partial charge in [0.15, 0.2) is 0 Å². The van der Waals surface area contributed by atoms with Crippen molar-refractivity contribution in [3.05, 3.63) is 59.4 Å². The Morgan fingerprint density at radius 1 is 1.25 bits per heavy atom. The number of rotatable bonds is 5. The molecule has 1 aliphatic heterocycles. The maximum atomic E-state index is 14.7. The maximum absolute atomic E-state index is 14.7. The van der Waals surface area contributed by atoms with E-state index in [0.29, 0.717) is 25.3 Å².